The molecule has 3 N–H and O–H groups in total. The summed E-state index contributed by atoms with van der Waals surface area (Å²) in [5.74, 6) is 0.570. The fourth-order valence-electron chi connectivity index (χ4n) is 1.49. The predicted octanol–water partition coefficient (Wildman–Crippen LogP) is 1.24. The van der Waals surface area contributed by atoms with Gasteiger partial charge in [-0.2, -0.15) is 5.10 Å². The normalized spacial score (nSPS) is 10.7. The van der Waals surface area contributed by atoms with Gasteiger partial charge in [0.2, 0.25) is 5.95 Å². The summed E-state index contributed by atoms with van der Waals surface area (Å²) >= 11 is 0. The first kappa shape index (κ1) is 13.6. The summed E-state index contributed by atoms with van der Waals surface area (Å²) in [7, 11) is 1.47. The molecule has 0 saturated carbocycles. The molecule has 0 aliphatic carbocycles. The highest BCUT2D eigenvalue weighted by atomic mass is 16.5. The monoisotopic (exact) mass is 274 g/mol. The molecule has 0 aliphatic rings. The maximum atomic E-state index is 11.4. The molecule has 0 spiro atoms. The minimum atomic E-state index is -0.234. The van der Waals surface area contributed by atoms with Crippen LogP contribution in [0.5, 0.6) is 11.5 Å². The molecule has 7 heteroatoms. The number of rotatable bonds is 4. The lowest BCUT2D eigenvalue weighted by molar-refractivity contribution is 0.373. The fraction of sp³-hybridized carbons (Fsp3) is 0.154. The van der Waals surface area contributed by atoms with Crippen molar-refractivity contribution in [3.05, 3.63) is 45.9 Å². The largest absolute Gasteiger partial charge is 0.504 e. The molecule has 0 aliphatic heterocycles. The van der Waals surface area contributed by atoms with E-state index >= 15 is 0 Å². The van der Waals surface area contributed by atoms with Gasteiger partial charge in [0, 0.05) is 17.3 Å². The van der Waals surface area contributed by atoms with E-state index in [2.05, 4.69) is 20.5 Å². The van der Waals surface area contributed by atoms with Gasteiger partial charge in [0.05, 0.1) is 13.3 Å². The van der Waals surface area contributed by atoms with Crippen LogP contribution in [0.25, 0.3) is 0 Å². The van der Waals surface area contributed by atoms with E-state index in [1.807, 2.05) is 0 Å². The van der Waals surface area contributed by atoms with Gasteiger partial charge in [0.1, 0.15) is 0 Å². The van der Waals surface area contributed by atoms with Gasteiger partial charge in [0.25, 0.3) is 5.56 Å². The van der Waals surface area contributed by atoms with E-state index in [9.17, 15) is 9.90 Å². The number of H-pyrrole nitrogens is 1. The van der Waals surface area contributed by atoms with Crippen LogP contribution in [0.4, 0.5) is 5.95 Å². The summed E-state index contributed by atoms with van der Waals surface area (Å²) in [6.07, 6.45) is 2.84. The van der Waals surface area contributed by atoms with E-state index in [1.165, 1.54) is 19.5 Å². The summed E-state index contributed by atoms with van der Waals surface area (Å²) < 4.78 is 4.99. The first-order valence-electron chi connectivity index (χ1n) is 5.83. The number of methoxy groups -OCH3 is 1. The molecule has 20 heavy (non-hydrogen) atoms. The lowest BCUT2D eigenvalue weighted by atomic mass is 10.2. The second-order valence-corrected chi connectivity index (χ2v) is 4.01. The molecule has 0 saturated heterocycles. The zero-order chi connectivity index (χ0) is 14.5. The smallest absolute Gasteiger partial charge is 0.255 e. The molecule has 0 unspecified atom stereocenters. The first-order chi connectivity index (χ1) is 9.61. The van der Waals surface area contributed by atoms with Crippen LogP contribution in [-0.4, -0.2) is 28.4 Å². The number of nitrogens with one attached hydrogen (secondary N) is 2. The fourth-order valence-corrected chi connectivity index (χ4v) is 1.49. The highest BCUT2D eigenvalue weighted by Crippen LogP contribution is 2.27. The molecule has 1 heterocycles. The van der Waals surface area contributed by atoms with Crippen molar-refractivity contribution in [2.45, 2.75) is 6.92 Å². The Kier molecular flexibility index (Phi) is 3.99. The van der Waals surface area contributed by atoms with E-state index < -0.39 is 0 Å². The van der Waals surface area contributed by atoms with Gasteiger partial charge < -0.3 is 9.84 Å². The Hall–Kier alpha value is -2.83. The molecule has 0 fully saturated rings. The van der Waals surface area contributed by atoms with Gasteiger partial charge in [0.15, 0.2) is 11.5 Å². The molecule has 1 aromatic heterocycles. The van der Waals surface area contributed by atoms with Gasteiger partial charge in [-0.1, -0.05) is 6.07 Å². The number of anilines is 1. The van der Waals surface area contributed by atoms with Crippen LogP contribution < -0.4 is 15.7 Å². The molecule has 0 amide bonds. The lowest BCUT2D eigenvalue weighted by Gasteiger charge is -2.05. The van der Waals surface area contributed by atoms with Crippen molar-refractivity contribution in [1.29, 1.82) is 0 Å². The van der Waals surface area contributed by atoms with Crippen LogP contribution in [0, 0.1) is 6.92 Å². The van der Waals surface area contributed by atoms with Crippen molar-refractivity contribution in [1.82, 2.24) is 9.97 Å². The number of aromatic hydroxyl groups is 1. The lowest BCUT2D eigenvalue weighted by Crippen LogP contribution is -2.12. The highest BCUT2D eigenvalue weighted by Gasteiger charge is 2.04. The van der Waals surface area contributed by atoms with Crippen LogP contribution >= 0.6 is 0 Å². The molecule has 0 bridgehead atoms. The van der Waals surface area contributed by atoms with E-state index in [1.54, 1.807) is 25.1 Å². The summed E-state index contributed by atoms with van der Waals surface area (Å²) in [6.45, 7) is 1.66. The van der Waals surface area contributed by atoms with Crippen LogP contribution in [0.2, 0.25) is 0 Å². The SMILES string of the molecule is COc1cccc(/C=N\Nc2ncc(C)c(=O)[nH]2)c1O. The second-order valence-electron chi connectivity index (χ2n) is 4.01. The molecule has 2 rings (SSSR count). The van der Waals surface area contributed by atoms with Crippen molar-refractivity contribution in [3.63, 3.8) is 0 Å². The summed E-state index contributed by atoms with van der Waals surface area (Å²) in [6, 6.07) is 5.04. The Morgan fingerprint density at radius 2 is 2.30 bits per heavy atom. The Morgan fingerprint density at radius 3 is 3.00 bits per heavy atom. The van der Waals surface area contributed by atoms with Crippen LogP contribution in [-0.2, 0) is 0 Å². The van der Waals surface area contributed by atoms with Crippen molar-refractivity contribution in [2.24, 2.45) is 5.10 Å². The topological polar surface area (TPSA) is 99.6 Å². The van der Waals surface area contributed by atoms with Crippen LogP contribution in [0.15, 0.2) is 34.3 Å². The van der Waals surface area contributed by atoms with Crippen molar-refractivity contribution >= 4 is 12.2 Å². The van der Waals surface area contributed by atoms with Crippen molar-refractivity contribution in [3.8, 4) is 11.5 Å². The quantitative estimate of drug-likeness (QED) is 0.575. The zero-order valence-electron chi connectivity index (χ0n) is 11.0. The van der Waals surface area contributed by atoms with Crippen molar-refractivity contribution in [2.75, 3.05) is 12.5 Å². The van der Waals surface area contributed by atoms with Gasteiger partial charge in [-0.25, -0.2) is 10.4 Å². The Bertz CT molecular complexity index is 694. The second kappa shape index (κ2) is 5.87. The zero-order valence-corrected chi connectivity index (χ0v) is 11.0. The summed E-state index contributed by atoms with van der Waals surface area (Å²) in [5.41, 5.74) is 3.34. The number of aromatic nitrogens is 2. The number of aromatic amines is 1. The number of phenolic OH excluding ortho intramolecular Hbond substituents is 1. The number of benzene rings is 1. The van der Waals surface area contributed by atoms with Gasteiger partial charge in [-0.05, 0) is 19.1 Å². The number of hydrogen-bond donors (Lipinski definition) is 3. The average Bonchev–Trinajstić information content (AvgIpc) is 2.44. The number of para-hydroxylation sites is 1. The maximum Gasteiger partial charge on any atom is 0.255 e. The number of phenols is 1. The Balaban J connectivity index is 2.14. The maximum absolute atomic E-state index is 11.4. The molecule has 1 aromatic carbocycles. The third kappa shape index (κ3) is 2.94. The van der Waals surface area contributed by atoms with E-state index in [-0.39, 0.29) is 17.3 Å². The number of aryl methyl sites for hydroxylation is 1. The number of ether oxygens (including phenoxy) is 1. The number of nitrogens with zero attached hydrogens (tertiary/aromatic N) is 2. The van der Waals surface area contributed by atoms with Gasteiger partial charge in [-0.15, -0.1) is 0 Å². The Morgan fingerprint density at radius 1 is 1.50 bits per heavy atom. The average molecular weight is 274 g/mol. The summed E-state index contributed by atoms with van der Waals surface area (Å²) in [4.78, 5) is 17.8. The molecule has 0 atom stereocenters. The van der Waals surface area contributed by atoms with E-state index in [0.717, 1.165) is 0 Å². The minimum absolute atomic E-state index is 0.00842. The molecule has 2 aromatic rings. The van der Waals surface area contributed by atoms with Crippen LogP contribution in [0.1, 0.15) is 11.1 Å². The first-order valence-corrected chi connectivity index (χ1v) is 5.83. The molecule has 104 valence electrons. The molecular formula is C13H14N4O3. The van der Waals surface area contributed by atoms with Crippen molar-refractivity contribution < 1.29 is 9.84 Å². The third-order valence-electron chi connectivity index (χ3n) is 2.60. The third-order valence-corrected chi connectivity index (χ3v) is 2.60. The van der Waals surface area contributed by atoms with E-state index in [4.69, 9.17) is 4.74 Å². The Labute approximate surface area is 115 Å². The highest BCUT2D eigenvalue weighted by molar-refractivity contribution is 5.85. The van der Waals surface area contributed by atoms with Gasteiger partial charge in [-0.3, -0.25) is 9.78 Å². The molecular weight excluding hydrogens is 260 g/mol. The van der Waals surface area contributed by atoms with E-state index in [0.29, 0.717) is 16.9 Å². The standard InChI is InChI=1S/C13H14N4O3/c1-8-6-14-13(16-12(8)19)17-15-7-9-4-3-5-10(20-2)11(9)18/h3-7,18H,1-2H3,(H2,14,16,17,19)/b15-7-. The predicted molar refractivity (Wildman–Crippen MR) is 75.5 cm³/mol. The van der Waals surface area contributed by atoms with Crippen LogP contribution in [0.3, 0.4) is 0 Å². The molecule has 7 nitrogen and oxygen atoms in total. The minimum Gasteiger partial charge on any atom is -0.504 e. The number of hydrazone groups is 1. The summed E-state index contributed by atoms with van der Waals surface area (Å²) in [5, 5.41) is 13.7. The number of hydrogen-bond acceptors (Lipinski definition) is 6. The van der Waals surface area contributed by atoms with Gasteiger partial charge >= 0.3 is 0 Å². The molecule has 0 radical (unpaired) electrons.